The first-order valence-corrected chi connectivity index (χ1v) is 6.45. The Balaban J connectivity index is 2.95. The Bertz CT molecular complexity index is 445. The van der Waals surface area contributed by atoms with Crippen molar-refractivity contribution < 1.29 is 14.3 Å². The first-order chi connectivity index (χ1) is 8.92. The van der Waals surface area contributed by atoms with Crippen molar-refractivity contribution in [1.82, 2.24) is 5.32 Å². The van der Waals surface area contributed by atoms with E-state index < -0.39 is 17.4 Å². The molecule has 0 aliphatic heterocycles. The molecule has 1 amide bonds. The number of ether oxygens (including phenoxy) is 1. The minimum absolute atomic E-state index is 0.168. The van der Waals surface area contributed by atoms with Crippen LogP contribution in [0.3, 0.4) is 0 Å². The fourth-order valence-electron chi connectivity index (χ4n) is 1.43. The molecule has 1 aromatic rings. The Morgan fingerprint density at radius 3 is 2.37 bits per heavy atom. The third-order valence-electron chi connectivity index (χ3n) is 2.79. The molecule has 0 radical (unpaired) electrons. The number of carbonyl (C=O) groups excluding carboxylic acids is 2. The molecule has 19 heavy (non-hydrogen) atoms. The van der Waals surface area contributed by atoms with Crippen molar-refractivity contribution in [2.24, 2.45) is 5.41 Å². The van der Waals surface area contributed by atoms with E-state index >= 15 is 0 Å². The molecule has 1 aromatic carbocycles. The molecule has 0 saturated carbocycles. The van der Waals surface area contributed by atoms with Gasteiger partial charge in [0.15, 0.2) is 6.04 Å². The second-order valence-electron chi connectivity index (χ2n) is 4.86. The van der Waals surface area contributed by atoms with E-state index in [1.165, 1.54) is 7.11 Å². The van der Waals surface area contributed by atoms with Crippen molar-refractivity contribution in [3.8, 4) is 0 Å². The van der Waals surface area contributed by atoms with Gasteiger partial charge in [0.25, 0.3) is 0 Å². The van der Waals surface area contributed by atoms with Crippen LogP contribution in [0.1, 0.15) is 25.5 Å². The number of nitrogens with one attached hydrogen (secondary N) is 1. The van der Waals surface area contributed by atoms with Crippen LogP contribution in [0.15, 0.2) is 30.3 Å². The van der Waals surface area contributed by atoms with E-state index in [4.69, 9.17) is 16.3 Å². The van der Waals surface area contributed by atoms with Crippen molar-refractivity contribution in [3.63, 3.8) is 0 Å². The molecule has 0 saturated heterocycles. The third-order valence-corrected chi connectivity index (χ3v) is 3.46. The minimum Gasteiger partial charge on any atom is -0.467 e. The average Bonchev–Trinajstić information content (AvgIpc) is 2.44. The minimum atomic E-state index is -0.818. The van der Waals surface area contributed by atoms with Gasteiger partial charge in [-0.15, -0.1) is 11.6 Å². The summed E-state index contributed by atoms with van der Waals surface area (Å²) in [5.41, 5.74) is -0.0733. The van der Waals surface area contributed by atoms with E-state index in [0.717, 1.165) is 0 Å². The lowest BCUT2D eigenvalue weighted by atomic mass is 9.94. The lowest BCUT2D eigenvalue weighted by Gasteiger charge is -2.24. The fourth-order valence-corrected chi connectivity index (χ4v) is 1.55. The number of alkyl halides is 1. The summed E-state index contributed by atoms with van der Waals surface area (Å²) in [6.07, 6.45) is 0. The van der Waals surface area contributed by atoms with E-state index in [0.29, 0.717) is 5.56 Å². The number of methoxy groups -OCH3 is 1. The van der Waals surface area contributed by atoms with Crippen LogP contribution in [0.4, 0.5) is 0 Å². The smallest absolute Gasteiger partial charge is 0.333 e. The monoisotopic (exact) mass is 283 g/mol. The van der Waals surface area contributed by atoms with Gasteiger partial charge < -0.3 is 10.1 Å². The summed E-state index contributed by atoms with van der Waals surface area (Å²) in [5.74, 6) is -0.631. The van der Waals surface area contributed by atoms with Crippen molar-refractivity contribution in [2.75, 3.05) is 13.0 Å². The molecule has 0 bridgehead atoms. The molecule has 0 aliphatic carbocycles. The topological polar surface area (TPSA) is 55.4 Å². The quantitative estimate of drug-likeness (QED) is 0.666. The summed E-state index contributed by atoms with van der Waals surface area (Å²) >= 11 is 5.75. The fraction of sp³-hybridized carbons (Fsp3) is 0.429. The van der Waals surface area contributed by atoms with E-state index in [-0.39, 0.29) is 11.8 Å². The number of hydrogen-bond donors (Lipinski definition) is 1. The molecule has 1 N–H and O–H groups in total. The van der Waals surface area contributed by atoms with Crippen LogP contribution in [-0.2, 0) is 14.3 Å². The number of halogens is 1. The lowest BCUT2D eigenvalue weighted by Crippen LogP contribution is -2.43. The maximum absolute atomic E-state index is 12.1. The van der Waals surface area contributed by atoms with Crippen LogP contribution in [0, 0.1) is 5.41 Å². The van der Waals surface area contributed by atoms with Crippen LogP contribution >= 0.6 is 11.6 Å². The van der Waals surface area contributed by atoms with Crippen LogP contribution in [0.25, 0.3) is 0 Å². The summed E-state index contributed by atoms with van der Waals surface area (Å²) in [6.45, 7) is 3.43. The highest BCUT2D eigenvalue weighted by molar-refractivity contribution is 6.19. The van der Waals surface area contributed by atoms with E-state index in [1.807, 2.05) is 6.07 Å². The first-order valence-electron chi connectivity index (χ1n) is 5.92. The molecule has 104 valence electrons. The van der Waals surface area contributed by atoms with E-state index in [2.05, 4.69) is 5.32 Å². The highest BCUT2D eigenvalue weighted by atomic mass is 35.5. The van der Waals surface area contributed by atoms with Gasteiger partial charge in [-0.25, -0.2) is 4.79 Å². The van der Waals surface area contributed by atoms with Crippen LogP contribution in [0.2, 0.25) is 0 Å². The number of hydrogen-bond acceptors (Lipinski definition) is 3. The largest absolute Gasteiger partial charge is 0.467 e. The SMILES string of the molecule is COC(=O)C(NC(=O)C(C)(C)CCl)c1ccccc1. The third kappa shape index (κ3) is 3.96. The first kappa shape index (κ1) is 15.5. The molecule has 4 nitrogen and oxygen atoms in total. The second-order valence-corrected chi connectivity index (χ2v) is 5.13. The van der Waals surface area contributed by atoms with Crippen molar-refractivity contribution in [3.05, 3.63) is 35.9 Å². The molecule has 0 aliphatic rings. The normalized spacial score (nSPS) is 12.6. The van der Waals surface area contributed by atoms with E-state index in [9.17, 15) is 9.59 Å². The Morgan fingerprint density at radius 2 is 1.89 bits per heavy atom. The number of esters is 1. The van der Waals surface area contributed by atoms with Crippen LogP contribution < -0.4 is 5.32 Å². The Hall–Kier alpha value is -1.55. The van der Waals surface area contributed by atoms with Crippen LogP contribution in [0.5, 0.6) is 0 Å². The molecule has 0 heterocycles. The average molecular weight is 284 g/mol. The van der Waals surface area contributed by atoms with Crippen molar-refractivity contribution in [1.29, 1.82) is 0 Å². The molecule has 0 spiro atoms. The predicted octanol–water partition coefficient (Wildman–Crippen LogP) is 2.28. The molecule has 1 atom stereocenters. The standard InChI is InChI=1S/C14H18ClNO3/c1-14(2,9-15)13(18)16-11(12(17)19-3)10-7-5-4-6-8-10/h4-8,11H,9H2,1-3H3,(H,16,18). The van der Waals surface area contributed by atoms with Gasteiger partial charge in [-0.1, -0.05) is 30.3 Å². The zero-order valence-corrected chi connectivity index (χ0v) is 12.0. The van der Waals surface area contributed by atoms with Gasteiger partial charge in [0.1, 0.15) is 0 Å². The van der Waals surface area contributed by atoms with Gasteiger partial charge in [0.05, 0.1) is 12.5 Å². The van der Waals surface area contributed by atoms with Crippen molar-refractivity contribution >= 4 is 23.5 Å². The number of rotatable bonds is 5. The second kappa shape index (κ2) is 6.57. The van der Waals surface area contributed by atoms with E-state index in [1.54, 1.807) is 38.1 Å². The maximum Gasteiger partial charge on any atom is 0.333 e. The zero-order chi connectivity index (χ0) is 14.5. The molecule has 1 unspecified atom stereocenters. The highest BCUT2D eigenvalue weighted by Crippen LogP contribution is 2.21. The highest BCUT2D eigenvalue weighted by Gasteiger charge is 2.31. The lowest BCUT2D eigenvalue weighted by molar-refractivity contribution is -0.146. The predicted molar refractivity (Wildman–Crippen MR) is 73.8 cm³/mol. The molecule has 0 aromatic heterocycles. The van der Waals surface area contributed by atoms with Gasteiger partial charge in [-0.2, -0.15) is 0 Å². The molecular weight excluding hydrogens is 266 g/mol. The van der Waals surface area contributed by atoms with Gasteiger partial charge in [-0.05, 0) is 19.4 Å². The molecule has 0 fully saturated rings. The summed E-state index contributed by atoms with van der Waals surface area (Å²) in [5, 5.41) is 2.68. The summed E-state index contributed by atoms with van der Waals surface area (Å²) in [7, 11) is 1.29. The molecule has 1 rings (SSSR count). The van der Waals surface area contributed by atoms with Crippen molar-refractivity contribution in [2.45, 2.75) is 19.9 Å². The van der Waals surface area contributed by atoms with Gasteiger partial charge in [-0.3, -0.25) is 4.79 Å². The zero-order valence-electron chi connectivity index (χ0n) is 11.3. The Labute approximate surface area is 118 Å². The molecular formula is C14H18ClNO3. The maximum atomic E-state index is 12.1. The molecule has 5 heteroatoms. The van der Waals surface area contributed by atoms with Crippen LogP contribution in [-0.4, -0.2) is 24.9 Å². The van der Waals surface area contributed by atoms with Gasteiger partial charge in [0, 0.05) is 5.88 Å². The number of benzene rings is 1. The summed E-state index contributed by atoms with van der Waals surface area (Å²) in [6, 6.07) is 8.13. The summed E-state index contributed by atoms with van der Waals surface area (Å²) in [4.78, 5) is 23.9. The van der Waals surface area contributed by atoms with Gasteiger partial charge >= 0.3 is 5.97 Å². The number of amides is 1. The Morgan fingerprint density at radius 1 is 1.32 bits per heavy atom. The number of carbonyl (C=O) groups is 2. The van der Waals surface area contributed by atoms with Gasteiger partial charge in [0.2, 0.25) is 5.91 Å². The summed E-state index contributed by atoms with van der Waals surface area (Å²) < 4.78 is 4.73. The Kier molecular flexibility index (Phi) is 5.36.